The first-order valence-electron chi connectivity index (χ1n) is 6.15. The van der Waals surface area contributed by atoms with Gasteiger partial charge in [-0.3, -0.25) is 0 Å². The summed E-state index contributed by atoms with van der Waals surface area (Å²) in [4.78, 5) is 26.4. The lowest BCUT2D eigenvalue weighted by atomic mass is 10.2. The standard InChI is InChI=1S/C14H9F3N4O2/c1-23-13(22)11-12(19-6-5-18-11)21-8-20-10-4-2-3-9(7-10)14(15,16)17/h2-7H,1H3. The number of aromatic nitrogens is 2. The van der Waals surface area contributed by atoms with E-state index < -0.39 is 17.7 Å². The van der Waals surface area contributed by atoms with E-state index in [0.717, 1.165) is 12.1 Å². The minimum Gasteiger partial charge on any atom is -0.464 e. The molecular weight excluding hydrogens is 313 g/mol. The first-order valence-corrected chi connectivity index (χ1v) is 6.15. The molecule has 2 aromatic rings. The van der Waals surface area contributed by atoms with Gasteiger partial charge in [0.2, 0.25) is 0 Å². The molecule has 0 aliphatic heterocycles. The van der Waals surface area contributed by atoms with Gasteiger partial charge in [0, 0.05) is 12.4 Å². The molecule has 6 nitrogen and oxygen atoms in total. The number of hydrogen-bond acceptors (Lipinski definition) is 6. The van der Waals surface area contributed by atoms with Crippen LogP contribution in [0.25, 0.3) is 0 Å². The Morgan fingerprint density at radius 2 is 1.96 bits per heavy atom. The minimum absolute atomic E-state index is 0.00656. The van der Waals surface area contributed by atoms with E-state index >= 15 is 0 Å². The van der Waals surface area contributed by atoms with Gasteiger partial charge >= 0.3 is 12.1 Å². The second-order valence-corrected chi connectivity index (χ2v) is 4.09. The number of carbonyl (C=O) groups excluding carboxylic acids is 1. The number of halogens is 3. The van der Waals surface area contributed by atoms with E-state index in [9.17, 15) is 18.0 Å². The van der Waals surface area contributed by atoms with Gasteiger partial charge in [-0.05, 0) is 18.2 Å². The van der Waals surface area contributed by atoms with Gasteiger partial charge in [0.05, 0.1) is 18.4 Å². The Labute approximate surface area is 128 Å². The number of alkyl halides is 3. The van der Waals surface area contributed by atoms with Crippen LogP contribution < -0.4 is 0 Å². The molecule has 0 unspecified atom stereocenters. The molecule has 0 saturated carbocycles. The maximum Gasteiger partial charge on any atom is 0.416 e. The SMILES string of the molecule is COC(=O)c1nccnc1N=C=Nc1cccc(C(F)(F)F)c1. The smallest absolute Gasteiger partial charge is 0.416 e. The molecule has 1 heterocycles. The van der Waals surface area contributed by atoms with Crippen LogP contribution in [-0.4, -0.2) is 29.1 Å². The number of nitrogens with zero attached hydrogens (tertiary/aromatic N) is 4. The monoisotopic (exact) mass is 322 g/mol. The topological polar surface area (TPSA) is 76.8 Å². The van der Waals surface area contributed by atoms with Gasteiger partial charge in [-0.2, -0.15) is 23.2 Å². The summed E-state index contributed by atoms with van der Waals surface area (Å²) in [5.74, 6) is -0.854. The maximum atomic E-state index is 12.6. The second kappa shape index (κ2) is 6.80. The fourth-order valence-corrected chi connectivity index (χ4v) is 1.54. The quantitative estimate of drug-likeness (QED) is 0.641. The van der Waals surface area contributed by atoms with E-state index in [0.29, 0.717) is 0 Å². The van der Waals surface area contributed by atoms with Gasteiger partial charge in [0.1, 0.15) is 6.01 Å². The number of esters is 1. The van der Waals surface area contributed by atoms with E-state index in [1.54, 1.807) is 0 Å². The van der Waals surface area contributed by atoms with E-state index in [4.69, 9.17) is 0 Å². The molecule has 0 fully saturated rings. The molecule has 0 aliphatic carbocycles. The van der Waals surface area contributed by atoms with Crippen molar-refractivity contribution in [1.29, 1.82) is 0 Å². The number of rotatable bonds is 3. The van der Waals surface area contributed by atoms with Crippen LogP contribution >= 0.6 is 0 Å². The first kappa shape index (κ1) is 16.3. The normalized spacial score (nSPS) is 10.6. The van der Waals surface area contributed by atoms with Gasteiger partial charge < -0.3 is 4.74 Å². The summed E-state index contributed by atoms with van der Waals surface area (Å²) < 4.78 is 42.3. The summed E-state index contributed by atoms with van der Waals surface area (Å²) >= 11 is 0. The molecule has 1 aromatic heterocycles. The minimum atomic E-state index is -4.47. The fraction of sp³-hybridized carbons (Fsp3) is 0.143. The van der Waals surface area contributed by atoms with Gasteiger partial charge in [-0.1, -0.05) is 6.07 Å². The second-order valence-electron chi connectivity index (χ2n) is 4.09. The number of hydrogen-bond donors (Lipinski definition) is 0. The highest BCUT2D eigenvalue weighted by Gasteiger charge is 2.30. The largest absolute Gasteiger partial charge is 0.464 e. The van der Waals surface area contributed by atoms with Crippen LogP contribution in [0.1, 0.15) is 16.1 Å². The number of aliphatic imine (C=N–C) groups is 2. The van der Waals surface area contributed by atoms with Gasteiger partial charge in [0.15, 0.2) is 11.5 Å². The Balaban J connectivity index is 2.31. The molecule has 0 amide bonds. The van der Waals surface area contributed by atoms with Crippen LogP contribution in [0.2, 0.25) is 0 Å². The number of methoxy groups -OCH3 is 1. The third-order valence-corrected chi connectivity index (χ3v) is 2.57. The first-order chi connectivity index (χ1) is 10.9. The Morgan fingerprint density at radius 3 is 2.65 bits per heavy atom. The molecule has 0 bridgehead atoms. The lowest BCUT2D eigenvalue weighted by molar-refractivity contribution is -0.137. The van der Waals surface area contributed by atoms with Crippen LogP contribution in [-0.2, 0) is 10.9 Å². The van der Waals surface area contributed by atoms with Crippen LogP contribution in [0, 0.1) is 0 Å². The highest BCUT2D eigenvalue weighted by Crippen LogP contribution is 2.31. The van der Waals surface area contributed by atoms with Crippen LogP contribution in [0.3, 0.4) is 0 Å². The Kier molecular flexibility index (Phi) is 4.82. The van der Waals surface area contributed by atoms with Crippen LogP contribution in [0.4, 0.5) is 24.7 Å². The van der Waals surface area contributed by atoms with Crippen LogP contribution in [0.15, 0.2) is 46.6 Å². The summed E-state index contributed by atoms with van der Waals surface area (Å²) in [6, 6.07) is 6.53. The average Bonchev–Trinajstić information content (AvgIpc) is 2.54. The van der Waals surface area contributed by atoms with E-state index in [1.165, 1.54) is 31.6 Å². The summed E-state index contributed by atoms with van der Waals surface area (Å²) in [5.41, 5.74) is -0.982. The molecule has 9 heteroatoms. The number of benzene rings is 1. The zero-order valence-electron chi connectivity index (χ0n) is 11.7. The summed E-state index contributed by atoms with van der Waals surface area (Å²) in [7, 11) is 1.17. The van der Waals surface area contributed by atoms with Crippen molar-refractivity contribution >= 4 is 23.5 Å². The van der Waals surface area contributed by atoms with Gasteiger partial charge in [-0.25, -0.2) is 14.8 Å². The van der Waals surface area contributed by atoms with Gasteiger partial charge in [0.25, 0.3) is 0 Å². The molecule has 0 aliphatic rings. The molecule has 0 atom stereocenters. The fourth-order valence-electron chi connectivity index (χ4n) is 1.54. The molecule has 23 heavy (non-hydrogen) atoms. The van der Waals surface area contributed by atoms with Crippen molar-refractivity contribution < 1.29 is 22.7 Å². The average molecular weight is 322 g/mol. The van der Waals surface area contributed by atoms with Crippen molar-refractivity contribution in [1.82, 2.24) is 9.97 Å². The van der Waals surface area contributed by atoms with Crippen molar-refractivity contribution in [3.05, 3.63) is 47.9 Å². The molecule has 2 rings (SSSR count). The predicted molar refractivity (Wildman–Crippen MR) is 74.0 cm³/mol. The Bertz CT molecular complexity index is 784. The van der Waals surface area contributed by atoms with Crippen molar-refractivity contribution in [3.63, 3.8) is 0 Å². The molecule has 0 N–H and O–H groups in total. The third-order valence-electron chi connectivity index (χ3n) is 2.57. The van der Waals surface area contributed by atoms with E-state index in [-0.39, 0.29) is 17.2 Å². The highest BCUT2D eigenvalue weighted by atomic mass is 19.4. The lowest BCUT2D eigenvalue weighted by Gasteiger charge is -2.05. The Morgan fingerprint density at radius 1 is 1.22 bits per heavy atom. The van der Waals surface area contributed by atoms with Crippen molar-refractivity contribution in [2.24, 2.45) is 9.98 Å². The summed E-state index contributed by atoms with van der Waals surface area (Å²) in [6.07, 6.45) is -1.90. The molecule has 118 valence electrons. The summed E-state index contributed by atoms with van der Waals surface area (Å²) in [5, 5.41) is 0. The Hall–Kier alpha value is -3.06. The van der Waals surface area contributed by atoms with Crippen LogP contribution in [0.5, 0.6) is 0 Å². The maximum absolute atomic E-state index is 12.6. The highest BCUT2D eigenvalue weighted by molar-refractivity contribution is 5.91. The van der Waals surface area contributed by atoms with E-state index in [2.05, 4.69) is 30.7 Å². The van der Waals surface area contributed by atoms with Crippen molar-refractivity contribution in [2.45, 2.75) is 6.18 Å². The zero-order chi connectivity index (χ0) is 16.9. The lowest BCUT2D eigenvalue weighted by Crippen LogP contribution is -2.05. The van der Waals surface area contributed by atoms with Gasteiger partial charge in [-0.15, -0.1) is 0 Å². The summed E-state index contributed by atoms with van der Waals surface area (Å²) in [6.45, 7) is 0. The number of carbonyl (C=O) groups is 1. The molecule has 0 radical (unpaired) electrons. The van der Waals surface area contributed by atoms with E-state index in [1.807, 2.05) is 0 Å². The van der Waals surface area contributed by atoms with Crippen molar-refractivity contribution in [2.75, 3.05) is 7.11 Å². The predicted octanol–water partition coefficient (Wildman–Crippen LogP) is 3.42. The number of ether oxygens (including phenoxy) is 1. The molecule has 0 saturated heterocycles. The molecule has 1 aromatic carbocycles. The third kappa shape index (κ3) is 4.21. The molecular formula is C14H9F3N4O2. The zero-order valence-corrected chi connectivity index (χ0v) is 11.7. The van der Waals surface area contributed by atoms with Crippen molar-refractivity contribution in [3.8, 4) is 0 Å². The molecule has 0 spiro atoms.